The summed E-state index contributed by atoms with van der Waals surface area (Å²) in [5, 5.41) is 8.25. The first-order chi connectivity index (χ1) is 14.6. The lowest BCUT2D eigenvalue weighted by Crippen LogP contribution is -2.20. The molecule has 0 saturated carbocycles. The minimum atomic E-state index is -4.46. The average molecular weight is 447 g/mol. The van der Waals surface area contributed by atoms with Crippen LogP contribution >= 0.6 is 12.2 Å². The van der Waals surface area contributed by atoms with Gasteiger partial charge in [0, 0.05) is 17.1 Å². The molecule has 0 aromatic heterocycles. The van der Waals surface area contributed by atoms with Gasteiger partial charge < -0.3 is 16.0 Å². The fourth-order valence-electron chi connectivity index (χ4n) is 2.78. The van der Waals surface area contributed by atoms with Crippen LogP contribution in [0.4, 0.5) is 34.6 Å². The molecule has 0 bridgehead atoms. The lowest BCUT2D eigenvalue weighted by atomic mass is 10.1. The van der Waals surface area contributed by atoms with E-state index in [4.69, 9.17) is 12.2 Å². The Morgan fingerprint density at radius 1 is 0.839 bits per heavy atom. The van der Waals surface area contributed by atoms with Gasteiger partial charge in [0.2, 0.25) is 0 Å². The van der Waals surface area contributed by atoms with Crippen molar-refractivity contribution in [3.8, 4) is 0 Å². The van der Waals surface area contributed by atoms with E-state index < -0.39 is 23.5 Å². The second kappa shape index (κ2) is 9.13. The lowest BCUT2D eigenvalue weighted by molar-refractivity contribution is -0.138. The third-order valence-corrected chi connectivity index (χ3v) is 4.52. The number of aryl methyl sites for hydroxylation is 1. The maximum Gasteiger partial charge on any atom is 0.416 e. The summed E-state index contributed by atoms with van der Waals surface area (Å²) in [4.78, 5) is 12.1. The van der Waals surface area contributed by atoms with E-state index in [1.54, 1.807) is 30.3 Å². The molecule has 0 aliphatic rings. The van der Waals surface area contributed by atoms with E-state index in [9.17, 15) is 22.4 Å². The molecule has 3 N–H and O–H groups in total. The number of carbonyl (C=O) groups excluding carboxylic acids is 1. The van der Waals surface area contributed by atoms with Crippen LogP contribution in [0, 0.1) is 12.7 Å². The molecule has 3 aromatic carbocycles. The molecule has 0 atom stereocenters. The zero-order chi connectivity index (χ0) is 22.6. The second-order valence-corrected chi connectivity index (χ2v) is 7.03. The third kappa shape index (κ3) is 5.79. The average Bonchev–Trinajstić information content (AvgIpc) is 2.70. The van der Waals surface area contributed by atoms with E-state index in [2.05, 4.69) is 16.0 Å². The van der Waals surface area contributed by atoms with Crippen LogP contribution in [-0.2, 0) is 6.18 Å². The lowest BCUT2D eigenvalue weighted by Gasteiger charge is -2.15. The van der Waals surface area contributed by atoms with Crippen LogP contribution in [0.2, 0.25) is 0 Å². The van der Waals surface area contributed by atoms with Crippen molar-refractivity contribution in [1.29, 1.82) is 0 Å². The Labute approximate surface area is 181 Å². The molecule has 0 aliphatic heterocycles. The molecule has 0 unspecified atom stereocenters. The van der Waals surface area contributed by atoms with Gasteiger partial charge in [0.15, 0.2) is 5.11 Å². The first-order valence-electron chi connectivity index (χ1n) is 9.05. The Morgan fingerprint density at radius 2 is 1.39 bits per heavy atom. The van der Waals surface area contributed by atoms with Crippen LogP contribution in [0.1, 0.15) is 21.5 Å². The summed E-state index contributed by atoms with van der Waals surface area (Å²) in [6, 6.07) is 15.9. The molecule has 0 aliphatic carbocycles. The Morgan fingerprint density at radius 3 is 2.00 bits per heavy atom. The normalized spacial score (nSPS) is 11.0. The Hall–Kier alpha value is -3.46. The Kier molecular flexibility index (Phi) is 6.55. The van der Waals surface area contributed by atoms with Crippen molar-refractivity contribution in [2.45, 2.75) is 13.1 Å². The Balaban J connectivity index is 1.62. The number of anilines is 3. The highest BCUT2D eigenvalue weighted by molar-refractivity contribution is 7.80. The van der Waals surface area contributed by atoms with Gasteiger partial charge in [0.05, 0.1) is 11.1 Å². The number of benzene rings is 3. The van der Waals surface area contributed by atoms with Gasteiger partial charge in [-0.25, -0.2) is 4.39 Å². The molecule has 160 valence electrons. The molecule has 0 spiro atoms. The molecule has 9 heteroatoms. The number of amides is 1. The number of carbonyl (C=O) groups is 1. The number of hydrogen-bond acceptors (Lipinski definition) is 2. The van der Waals surface area contributed by atoms with E-state index in [-0.39, 0.29) is 21.9 Å². The van der Waals surface area contributed by atoms with Crippen molar-refractivity contribution in [3.05, 3.63) is 89.2 Å². The van der Waals surface area contributed by atoms with Crippen molar-refractivity contribution in [3.63, 3.8) is 0 Å². The standard InChI is InChI=1S/C22H17F4N3OS/c1-13-6-7-16(12-18(13)22(24,25)26)29-21(31)28-15-10-8-14(9-11-15)27-20(30)17-4-2-3-5-19(17)23/h2-12H,1H3,(H,27,30)(H2,28,29,31). The van der Waals surface area contributed by atoms with Gasteiger partial charge in [0.1, 0.15) is 5.82 Å². The first kappa shape index (κ1) is 22.2. The molecule has 31 heavy (non-hydrogen) atoms. The summed E-state index contributed by atoms with van der Waals surface area (Å²) >= 11 is 5.15. The van der Waals surface area contributed by atoms with E-state index >= 15 is 0 Å². The van der Waals surface area contributed by atoms with Crippen molar-refractivity contribution in [2.24, 2.45) is 0 Å². The highest BCUT2D eigenvalue weighted by Gasteiger charge is 2.32. The van der Waals surface area contributed by atoms with Crippen LogP contribution in [-0.4, -0.2) is 11.0 Å². The van der Waals surface area contributed by atoms with Crippen LogP contribution in [0.5, 0.6) is 0 Å². The largest absolute Gasteiger partial charge is 0.416 e. The minimum absolute atomic E-state index is 0.0774. The molecule has 0 saturated heterocycles. The quantitative estimate of drug-likeness (QED) is 0.329. The molecule has 4 nitrogen and oxygen atoms in total. The predicted molar refractivity (Wildman–Crippen MR) is 117 cm³/mol. The summed E-state index contributed by atoms with van der Waals surface area (Å²) in [6.07, 6.45) is -4.46. The number of thiocarbonyl (C=S) groups is 1. The highest BCUT2D eigenvalue weighted by atomic mass is 32.1. The number of rotatable bonds is 4. The zero-order valence-corrected chi connectivity index (χ0v) is 17.0. The smallest absolute Gasteiger partial charge is 0.332 e. The van der Waals surface area contributed by atoms with E-state index in [1.807, 2.05) is 0 Å². The molecule has 1 amide bonds. The first-order valence-corrected chi connectivity index (χ1v) is 9.46. The minimum Gasteiger partial charge on any atom is -0.332 e. The molecule has 3 aromatic rings. The fraction of sp³-hybridized carbons (Fsp3) is 0.0909. The summed E-state index contributed by atoms with van der Waals surface area (Å²) in [5.41, 5.74) is 0.478. The van der Waals surface area contributed by atoms with Gasteiger partial charge in [-0.1, -0.05) is 18.2 Å². The zero-order valence-electron chi connectivity index (χ0n) is 16.2. The predicted octanol–water partition coefficient (Wildman–Crippen LogP) is 6.21. The van der Waals surface area contributed by atoms with Crippen molar-refractivity contribution >= 4 is 40.3 Å². The molecule has 0 fully saturated rings. The molecule has 0 heterocycles. The topological polar surface area (TPSA) is 53.2 Å². The van der Waals surface area contributed by atoms with Crippen molar-refractivity contribution in [2.75, 3.05) is 16.0 Å². The summed E-state index contributed by atoms with van der Waals surface area (Å²) in [7, 11) is 0. The van der Waals surface area contributed by atoms with E-state index in [0.29, 0.717) is 11.4 Å². The van der Waals surface area contributed by atoms with Gasteiger partial charge in [-0.2, -0.15) is 13.2 Å². The monoisotopic (exact) mass is 447 g/mol. The van der Waals surface area contributed by atoms with E-state index in [0.717, 1.165) is 6.07 Å². The maximum absolute atomic E-state index is 13.7. The number of hydrogen-bond donors (Lipinski definition) is 3. The van der Waals surface area contributed by atoms with Crippen molar-refractivity contribution < 1.29 is 22.4 Å². The van der Waals surface area contributed by atoms with Crippen LogP contribution in [0.3, 0.4) is 0 Å². The molecular formula is C22H17F4N3OS. The SMILES string of the molecule is Cc1ccc(NC(=S)Nc2ccc(NC(=O)c3ccccc3F)cc2)cc1C(F)(F)F. The summed E-state index contributed by atoms with van der Waals surface area (Å²) in [6.45, 7) is 1.38. The third-order valence-electron chi connectivity index (χ3n) is 4.32. The van der Waals surface area contributed by atoms with Gasteiger partial charge in [-0.3, -0.25) is 4.79 Å². The van der Waals surface area contributed by atoms with Crippen LogP contribution in [0.15, 0.2) is 66.7 Å². The van der Waals surface area contributed by atoms with Gasteiger partial charge in [0.25, 0.3) is 5.91 Å². The molecule has 3 rings (SSSR count). The summed E-state index contributed by atoms with van der Waals surface area (Å²) in [5.74, 6) is -1.21. The maximum atomic E-state index is 13.7. The molecular weight excluding hydrogens is 430 g/mol. The van der Waals surface area contributed by atoms with Gasteiger partial charge >= 0.3 is 6.18 Å². The summed E-state index contributed by atoms with van der Waals surface area (Å²) < 4.78 is 52.8. The Bertz CT molecular complexity index is 1110. The van der Waals surface area contributed by atoms with Crippen molar-refractivity contribution in [1.82, 2.24) is 0 Å². The second-order valence-electron chi connectivity index (χ2n) is 6.62. The highest BCUT2D eigenvalue weighted by Crippen LogP contribution is 2.33. The number of halogens is 4. The van der Waals surface area contributed by atoms with Gasteiger partial charge in [-0.05, 0) is 73.2 Å². The van der Waals surface area contributed by atoms with E-state index in [1.165, 1.54) is 37.3 Å². The van der Waals surface area contributed by atoms with Crippen LogP contribution in [0.25, 0.3) is 0 Å². The number of nitrogens with one attached hydrogen (secondary N) is 3. The van der Waals surface area contributed by atoms with Crippen LogP contribution < -0.4 is 16.0 Å². The molecule has 0 radical (unpaired) electrons. The van der Waals surface area contributed by atoms with Gasteiger partial charge in [-0.15, -0.1) is 0 Å². The fourth-order valence-corrected chi connectivity index (χ4v) is 3.01. The number of alkyl halides is 3.